The van der Waals surface area contributed by atoms with E-state index in [4.69, 9.17) is 9.47 Å². The molecule has 0 spiro atoms. The maximum absolute atomic E-state index is 13.4. The third kappa shape index (κ3) is 10.0. The number of fused-ring (bicyclic) bond motifs is 11. The van der Waals surface area contributed by atoms with Crippen molar-refractivity contribution in [3.63, 3.8) is 0 Å². The molecule has 2 amide bonds. The van der Waals surface area contributed by atoms with Crippen molar-refractivity contribution in [1.82, 2.24) is 0 Å². The zero-order valence-electron chi connectivity index (χ0n) is 34.0. The predicted molar refractivity (Wildman–Crippen MR) is 236 cm³/mol. The number of phenolic OH excluding ortho intramolecular Hbond substituents is 2. The molecule has 0 radical (unpaired) electrons. The quantitative estimate of drug-likeness (QED) is 0.124. The van der Waals surface area contributed by atoms with Crippen molar-refractivity contribution in [3.05, 3.63) is 177 Å². The van der Waals surface area contributed by atoms with Crippen LogP contribution >= 0.6 is 0 Å². The Balaban J connectivity index is 1.32. The maximum Gasteiger partial charge on any atom is 0.224 e. The third-order valence-electron chi connectivity index (χ3n) is 11.5. The van der Waals surface area contributed by atoms with E-state index < -0.39 is 0 Å². The van der Waals surface area contributed by atoms with Gasteiger partial charge in [-0.2, -0.15) is 0 Å². The smallest absolute Gasteiger partial charge is 0.224 e. The molecule has 0 aromatic heterocycles. The number of benzene rings is 6. The van der Waals surface area contributed by atoms with Crippen LogP contribution in [0.1, 0.15) is 107 Å². The topological polar surface area (TPSA) is 117 Å². The molecule has 4 N–H and O–H groups in total. The molecule has 8 heteroatoms. The molecule has 0 fully saturated rings. The molecule has 0 saturated heterocycles. The van der Waals surface area contributed by atoms with Crippen LogP contribution in [0.15, 0.2) is 121 Å². The molecule has 3 aliphatic rings. The van der Waals surface area contributed by atoms with E-state index in [0.717, 1.165) is 71.9 Å². The highest BCUT2D eigenvalue weighted by atomic mass is 16.5. The lowest BCUT2D eigenvalue weighted by Gasteiger charge is -2.22. The van der Waals surface area contributed by atoms with Crippen LogP contribution in [-0.4, -0.2) is 22.0 Å². The van der Waals surface area contributed by atoms with E-state index in [9.17, 15) is 19.8 Å². The number of amides is 2. The van der Waals surface area contributed by atoms with E-state index in [2.05, 4.69) is 10.6 Å². The second-order valence-electron chi connectivity index (χ2n) is 16.1. The Morgan fingerprint density at radius 1 is 0.417 bits per heavy atom. The average Bonchev–Trinajstić information content (AvgIpc) is 3.24. The summed E-state index contributed by atoms with van der Waals surface area (Å²) in [6.07, 6.45) is 7.39. The molecule has 0 saturated carbocycles. The van der Waals surface area contributed by atoms with E-state index in [1.165, 1.54) is 0 Å². The summed E-state index contributed by atoms with van der Waals surface area (Å²) >= 11 is 0. The molecule has 8 nitrogen and oxygen atoms in total. The lowest BCUT2D eigenvalue weighted by atomic mass is 9.90. The average molecular weight is 801 g/mol. The molecule has 60 heavy (non-hydrogen) atoms. The second-order valence-corrected chi connectivity index (χ2v) is 16.1. The minimum Gasteiger partial charge on any atom is -0.507 e. The van der Waals surface area contributed by atoms with E-state index in [0.29, 0.717) is 96.9 Å². The van der Waals surface area contributed by atoms with Crippen LogP contribution in [0, 0.1) is 0 Å². The third-order valence-corrected chi connectivity index (χ3v) is 11.5. The van der Waals surface area contributed by atoms with Crippen molar-refractivity contribution in [2.45, 2.75) is 90.3 Å². The predicted octanol–water partition coefficient (Wildman–Crippen LogP) is 10.9. The number of carbonyl (C=O) groups is 2. The van der Waals surface area contributed by atoms with Crippen molar-refractivity contribution < 1.29 is 29.3 Å². The van der Waals surface area contributed by atoms with Crippen molar-refractivity contribution in [2.24, 2.45) is 0 Å². The number of phenols is 2. The number of hydrogen-bond acceptors (Lipinski definition) is 6. The fourth-order valence-electron chi connectivity index (χ4n) is 8.41. The van der Waals surface area contributed by atoms with Crippen LogP contribution < -0.4 is 20.1 Å². The van der Waals surface area contributed by atoms with Crippen LogP contribution in [0.25, 0.3) is 0 Å². The maximum atomic E-state index is 13.4. The largest absolute Gasteiger partial charge is 0.507 e. The first kappa shape index (κ1) is 40.2. The van der Waals surface area contributed by atoms with E-state index in [1.807, 2.05) is 121 Å². The van der Waals surface area contributed by atoms with E-state index in [1.54, 1.807) is 0 Å². The second kappa shape index (κ2) is 19.0. The molecule has 0 atom stereocenters. The van der Waals surface area contributed by atoms with Gasteiger partial charge >= 0.3 is 0 Å². The fraction of sp³-hybridized carbons (Fsp3) is 0.269. The molecular formula is C52H52N2O6. The molecule has 6 aromatic carbocycles. The number of carbonyl (C=O) groups excluding carboxylic acids is 2. The molecule has 9 rings (SSSR count). The van der Waals surface area contributed by atoms with Crippen molar-refractivity contribution in [2.75, 3.05) is 10.6 Å². The van der Waals surface area contributed by atoms with Crippen LogP contribution in [0.2, 0.25) is 0 Å². The minimum atomic E-state index is -0.0716. The highest BCUT2D eigenvalue weighted by Gasteiger charge is 2.23. The van der Waals surface area contributed by atoms with Gasteiger partial charge in [0, 0.05) is 72.2 Å². The number of nitrogens with one attached hydrogen (secondary N) is 2. The van der Waals surface area contributed by atoms with Crippen LogP contribution in [0.4, 0.5) is 11.4 Å². The van der Waals surface area contributed by atoms with Gasteiger partial charge < -0.3 is 30.3 Å². The summed E-state index contributed by atoms with van der Waals surface area (Å²) < 4.78 is 13.4. The van der Waals surface area contributed by atoms with E-state index >= 15 is 0 Å². The Hall–Kier alpha value is -6.54. The fourth-order valence-corrected chi connectivity index (χ4v) is 8.41. The summed E-state index contributed by atoms with van der Waals surface area (Å²) in [7, 11) is 0. The molecular weight excluding hydrogens is 749 g/mol. The van der Waals surface area contributed by atoms with Crippen LogP contribution in [0.3, 0.4) is 0 Å². The van der Waals surface area contributed by atoms with Gasteiger partial charge in [0.15, 0.2) is 0 Å². The van der Waals surface area contributed by atoms with Crippen molar-refractivity contribution in [1.29, 1.82) is 0 Å². The van der Waals surface area contributed by atoms with Gasteiger partial charge in [0.2, 0.25) is 11.8 Å². The number of para-hydroxylation sites is 2. The highest BCUT2D eigenvalue weighted by molar-refractivity contribution is 5.92. The van der Waals surface area contributed by atoms with Gasteiger partial charge in [-0.05, 0) is 70.5 Å². The Morgan fingerprint density at radius 2 is 0.750 bits per heavy atom. The molecule has 1 aliphatic carbocycles. The highest BCUT2D eigenvalue weighted by Crippen LogP contribution is 2.40. The Kier molecular flexibility index (Phi) is 12.8. The summed E-state index contributed by atoms with van der Waals surface area (Å²) in [5.41, 5.74) is 9.21. The minimum absolute atomic E-state index is 0.0716. The first-order chi connectivity index (χ1) is 29.4. The van der Waals surface area contributed by atoms with Gasteiger partial charge in [0.05, 0.1) is 0 Å². The summed E-state index contributed by atoms with van der Waals surface area (Å²) in [5, 5.41) is 30.7. The number of aromatic hydroxyl groups is 2. The van der Waals surface area contributed by atoms with Gasteiger partial charge in [0.1, 0.15) is 36.2 Å². The Morgan fingerprint density at radius 3 is 1.10 bits per heavy atom. The molecule has 0 unspecified atom stereocenters. The normalized spacial score (nSPS) is 14.8. The first-order valence-electron chi connectivity index (χ1n) is 21.2. The van der Waals surface area contributed by atoms with Gasteiger partial charge in [-0.1, -0.05) is 123 Å². The van der Waals surface area contributed by atoms with Gasteiger partial charge in [-0.3, -0.25) is 9.59 Å². The van der Waals surface area contributed by atoms with Crippen molar-refractivity contribution >= 4 is 23.2 Å². The summed E-state index contributed by atoms with van der Waals surface area (Å²) in [5.74, 6) is 1.45. The standard InChI is InChI=1S/C52H52N2O6/c55-47-23-11-3-1-2-4-12-24-48(56)54-46-31-43-27-39-21-13-19-37(51(39)59-33-35-15-7-5-8-16-35)25-41-29-45(53-47)30-42(49(41)57)26-38-20-14-22-40(28-44(32-46)50(43)58)52(38)60-34-36-17-9-6-10-18-36/h5-10,13-22,29-32,57-58H,1-4,11-12,23-28,33-34H2,(H,53,55)(H,54,56). The molecule has 306 valence electrons. The molecule has 2 aliphatic heterocycles. The molecule has 2 heterocycles. The summed E-state index contributed by atoms with van der Waals surface area (Å²) in [6, 6.07) is 39.3. The van der Waals surface area contributed by atoms with Crippen molar-refractivity contribution in [3.8, 4) is 23.0 Å². The first-order valence-corrected chi connectivity index (χ1v) is 21.2. The monoisotopic (exact) mass is 800 g/mol. The van der Waals surface area contributed by atoms with Gasteiger partial charge in [0.25, 0.3) is 0 Å². The molecule has 6 aromatic rings. The number of ether oxygens (including phenoxy) is 2. The van der Waals surface area contributed by atoms with Crippen LogP contribution in [0.5, 0.6) is 23.0 Å². The van der Waals surface area contributed by atoms with Gasteiger partial charge in [-0.25, -0.2) is 0 Å². The van der Waals surface area contributed by atoms with Crippen LogP contribution in [-0.2, 0) is 48.5 Å². The number of rotatable bonds is 6. The van der Waals surface area contributed by atoms with E-state index in [-0.39, 0.29) is 23.3 Å². The lowest BCUT2D eigenvalue weighted by molar-refractivity contribution is -0.117. The van der Waals surface area contributed by atoms with Gasteiger partial charge in [-0.15, -0.1) is 0 Å². The lowest BCUT2D eigenvalue weighted by Crippen LogP contribution is -2.12. The summed E-state index contributed by atoms with van der Waals surface area (Å²) in [6.45, 7) is 0.623. The Bertz CT molecular complexity index is 2200. The number of hydrogen-bond donors (Lipinski definition) is 4. The SMILES string of the molecule is O=C1CCCCCCCCC(=O)Nc2cc3c(O)c(c2)Cc2cccc(c2OCc2ccccc2)Cc2cc(cc(c2O)Cc2cccc(c2OCc2ccccc2)C3)N1. The Labute approximate surface area is 352 Å². The summed E-state index contributed by atoms with van der Waals surface area (Å²) in [4.78, 5) is 26.9. The molecule has 10 bridgehead atoms. The number of anilines is 2. The zero-order chi connectivity index (χ0) is 41.3. The zero-order valence-corrected chi connectivity index (χ0v) is 34.0.